The second-order valence-corrected chi connectivity index (χ2v) is 9.32. The van der Waals surface area contributed by atoms with Gasteiger partial charge >= 0.3 is 0 Å². The normalized spacial score (nSPS) is 18.2. The maximum Gasteiger partial charge on any atom is 0.261 e. The van der Waals surface area contributed by atoms with Gasteiger partial charge in [-0.1, -0.05) is 13.0 Å². The lowest BCUT2D eigenvalue weighted by Crippen LogP contribution is -2.36. The van der Waals surface area contributed by atoms with E-state index in [1.165, 1.54) is 24.3 Å². The highest BCUT2D eigenvalue weighted by Crippen LogP contribution is 2.27. The number of primary sulfonamides is 1. The Balaban J connectivity index is 1.55. The van der Waals surface area contributed by atoms with Crippen LogP contribution in [0.2, 0.25) is 0 Å². The number of rotatable bonds is 6. The Hall–Kier alpha value is -3.08. The summed E-state index contributed by atoms with van der Waals surface area (Å²) < 4.78 is 29.2. The first kappa shape index (κ1) is 22.1. The monoisotopic (exact) mass is 457 g/mol. The molecule has 168 valence electrons. The second kappa shape index (κ2) is 8.45. The van der Waals surface area contributed by atoms with E-state index in [1.54, 1.807) is 19.1 Å². The molecule has 2 aliphatic rings. The molecule has 1 fully saturated rings. The SMILES string of the molecule is CCc1ccc(NC(=O)c2ccc3c(c2)C(=O)N(CC2CCCO2)C3=O)cc1S(N)(=O)=O. The molecule has 0 radical (unpaired) electrons. The van der Waals surface area contributed by atoms with Crippen LogP contribution in [0.5, 0.6) is 0 Å². The fourth-order valence-corrected chi connectivity index (χ4v) is 4.85. The zero-order chi connectivity index (χ0) is 23.0. The molecule has 1 atom stereocenters. The van der Waals surface area contributed by atoms with Gasteiger partial charge in [0.1, 0.15) is 0 Å². The van der Waals surface area contributed by atoms with Crippen molar-refractivity contribution >= 4 is 33.4 Å². The zero-order valence-electron chi connectivity index (χ0n) is 17.5. The number of benzene rings is 2. The van der Waals surface area contributed by atoms with Gasteiger partial charge in [-0.2, -0.15) is 0 Å². The summed E-state index contributed by atoms with van der Waals surface area (Å²) in [5.41, 5.74) is 1.36. The number of carbonyl (C=O) groups is 3. The molecule has 0 bridgehead atoms. The number of fused-ring (bicyclic) bond motifs is 1. The fourth-order valence-electron chi connectivity index (χ4n) is 3.98. The Morgan fingerprint density at radius 2 is 1.91 bits per heavy atom. The number of anilines is 1. The van der Waals surface area contributed by atoms with Crippen molar-refractivity contribution in [1.29, 1.82) is 0 Å². The highest BCUT2D eigenvalue weighted by molar-refractivity contribution is 7.89. The summed E-state index contributed by atoms with van der Waals surface area (Å²) in [4.78, 5) is 39.3. The van der Waals surface area contributed by atoms with E-state index in [4.69, 9.17) is 9.88 Å². The zero-order valence-corrected chi connectivity index (χ0v) is 18.3. The van der Waals surface area contributed by atoms with Gasteiger partial charge in [0.05, 0.1) is 28.7 Å². The largest absolute Gasteiger partial charge is 0.376 e. The molecule has 1 saturated heterocycles. The van der Waals surface area contributed by atoms with E-state index in [1.807, 2.05) is 0 Å². The Kier molecular flexibility index (Phi) is 5.85. The molecule has 0 spiro atoms. The standard InChI is InChI=1S/C22H23N3O6S/c1-2-13-5-7-15(11-19(13)32(23,29)30)24-20(26)14-6-8-17-18(10-14)22(28)25(21(17)27)12-16-4-3-9-31-16/h5-8,10-11,16H,2-4,9,12H2,1H3,(H,24,26)(H2,23,29,30). The molecule has 2 aromatic carbocycles. The Morgan fingerprint density at radius 1 is 1.16 bits per heavy atom. The van der Waals surface area contributed by atoms with Crippen LogP contribution >= 0.6 is 0 Å². The number of nitrogens with two attached hydrogens (primary N) is 1. The van der Waals surface area contributed by atoms with Crippen molar-refractivity contribution in [3.05, 3.63) is 58.7 Å². The molecular formula is C22H23N3O6S. The number of hydrogen-bond acceptors (Lipinski definition) is 6. The lowest BCUT2D eigenvalue weighted by molar-refractivity contribution is 0.0475. The molecule has 2 heterocycles. The van der Waals surface area contributed by atoms with Crippen LogP contribution in [0.4, 0.5) is 5.69 Å². The molecule has 0 aliphatic carbocycles. The van der Waals surface area contributed by atoms with E-state index >= 15 is 0 Å². The van der Waals surface area contributed by atoms with E-state index in [0.717, 1.165) is 17.7 Å². The van der Waals surface area contributed by atoms with Crippen molar-refractivity contribution in [2.24, 2.45) is 5.14 Å². The topological polar surface area (TPSA) is 136 Å². The lowest BCUT2D eigenvalue weighted by atomic mass is 10.1. The number of hydrogen-bond donors (Lipinski definition) is 2. The first-order valence-corrected chi connectivity index (χ1v) is 11.8. The number of amides is 3. The minimum atomic E-state index is -3.96. The highest BCUT2D eigenvalue weighted by Gasteiger charge is 2.38. The number of ether oxygens (including phenoxy) is 1. The maximum absolute atomic E-state index is 12.8. The molecular weight excluding hydrogens is 434 g/mol. The van der Waals surface area contributed by atoms with E-state index in [9.17, 15) is 22.8 Å². The van der Waals surface area contributed by atoms with Gasteiger partial charge in [0.15, 0.2) is 0 Å². The Bertz CT molecular complexity index is 1220. The summed E-state index contributed by atoms with van der Waals surface area (Å²) >= 11 is 0. The van der Waals surface area contributed by atoms with Gasteiger partial charge in [-0.15, -0.1) is 0 Å². The van der Waals surface area contributed by atoms with Crippen molar-refractivity contribution in [2.45, 2.75) is 37.2 Å². The van der Waals surface area contributed by atoms with Crippen molar-refractivity contribution in [3.8, 4) is 0 Å². The number of carbonyl (C=O) groups excluding carboxylic acids is 3. The minimum absolute atomic E-state index is 0.0581. The number of sulfonamides is 1. The summed E-state index contributed by atoms with van der Waals surface area (Å²) in [6, 6.07) is 8.75. The van der Waals surface area contributed by atoms with Crippen LogP contribution in [0.1, 0.15) is 56.4 Å². The lowest BCUT2D eigenvalue weighted by Gasteiger charge is -2.17. The van der Waals surface area contributed by atoms with Crippen molar-refractivity contribution in [2.75, 3.05) is 18.5 Å². The van der Waals surface area contributed by atoms with Crippen LogP contribution in [0.15, 0.2) is 41.3 Å². The third kappa shape index (κ3) is 4.16. The third-order valence-corrected chi connectivity index (χ3v) is 6.65. The predicted octanol–water partition coefficient (Wildman–Crippen LogP) is 1.92. The molecule has 2 aromatic rings. The molecule has 3 N–H and O–H groups in total. The first-order valence-electron chi connectivity index (χ1n) is 10.3. The summed E-state index contributed by atoms with van der Waals surface area (Å²) in [5.74, 6) is -1.41. The Labute approximate surface area is 185 Å². The van der Waals surface area contributed by atoms with Crippen molar-refractivity contribution in [1.82, 2.24) is 4.90 Å². The molecule has 32 heavy (non-hydrogen) atoms. The van der Waals surface area contributed by atoms with Gasteiger partial charge in [0.2, 0.25) is 10.0 Å². The summed E-state index contributed by atoms with van der Waals surface area (Å²) in [6.07, 6.45) is 1.98. The molecule has 0 aromatic heterocycles. The minimum Gasteiger partial charge on any atom is -0.376 e. The molecule has 1 unspecified atom stereocenters. The van der Waals surface area contributed by atoms with Crippen LogP contribution in [0, 0.1) is 0 Å². The van der Waals surface area contributed by atoms with Gasteiger partial charge < -0.3 is 10.1 Å². The van der Waals surface area contributed by atoms with Gasteiger partial charge in [-0.05, 0) is 55.2 Å². The predicted molar refractivity (Wildman–Crippen MR) is 116 cm³/mol. The molecule has 3 amide bonds. The maximum atomic E-state index is 12.8. The van der Waals surface area contributed by atoms with Crippen LogP contribution in [0.25, 0.3) is 0 Å². The molecule has 2 aliphatic heterocycles. The third-order valence-electron chi connectivity index (χ3n) is 5.66. The summed E-state index contributed by atoms with van der Waals surface area (Å²) in [6.45, 7) is 2.60. The molecule has 4 rings (SSSR count). The van der Waals surface area contributed by atoms with Gasteiger partial charge in [0, 0.05) is 17.9 Å². The van der Waals surface area contributed by atoms with E-state index in [2.05, 4.69) is 5.32 Å². The first-order chi connectivity index (χ1) is 15.2. The van der Waals surface area contributed by atoms with Gasteiger partial charge in [0.25, 0.3) is 17.7 Å². The summed E-state index contributed by atoms with van der Waals surface area (Å²) in [7, 11) is -3.96. The fraction of sp³-hybridized carbons (Fsp3) is 0.318. The Morgan fingerprint density at radius 3 is 2.56 bits per heavy atom. The van der Waals surface area contributed by atoms with Gasteiger partial charge in [-0.25, -0.2) is 13.6 Å². The van der Waals surface area contributed by atoms with Crippen LogP contribution in [-0.4, -0.2) is 50.3 Å². The number of nitrogens with one attached hydrogen (secondary N) is 1. The number of imide groups is 1. The molecule has 0 saturated carbocycles. The average molecular weight is 458 g/mol. The second-order valence-electron chi connectivity index (χ2n) is 7.79. The smallest absolute Gasteiger partial charge is 0.261 e. The number of nitrogens with zero attached hydrogens (tertiary/aromatic N) is 1. The molecule has 10 heteroatoms. The van der Waals surface area contributed by atoms with E-state index in [-0.39, 0.29) is 39.9 Å². The van der Waals surface area contributed by atoms with Crippen molar-refractivity contribution < 1.29 is 27.5 Å². The van der Waals surface area contributed by atoms with Gasteiger partial charge in [-0.3, -0.25) is 19.3 Å². The highest BCUT2D eigenvalue weighted by atomic mass is 32.2. The summed E-state index contributed by atoms with van der Waals surface area (Å²) in [5, 5.41) is 7.90. The van der Waals surface area contributed by atoms with E-state index < -0.39 is 27.7 Å². The van der Waals surface area contributed by atoms with Crippen LogP contribution in [-0.2, 0) is 21.2 Å². The molecule has 9 nitrogen and oxygen atoms in total. The van der Waals surface area contributed by atoms with Crippen molar-refractivity contribution in [3.63, 3.8) is 0 Å². The van der Waals surface area contributed by atoms with Crippen LogP contribution in [0.3, 0.4) is 0 Å². The quantitative estimate of drug-likeness (QED) is 0.636. The van der Waals surface area contributed by atoms with E-state index in [0.29, 0.717) is 18.6 Å². The average Bonchev–Trinajstić information content (AvgIpc) is 3.36. The van der Waals surface area contributed by atoms with Crippen LogP contribution < -0.4 is 10.5 Å². The number of aryl methyl sites for hydroxylation is 1.